The monoisotopic (exact) mass is 215 g/mol. The molecule has 90 valence electrons. The first-order valence-electron chi connectivity index (χ1n) is 6.06. The maximum Gasteiger partial charge on any atom is 0.306 e. The molecular formula is C12H25NO2. The molecule has 0 bridgehead atoms. The van der Waals surface area contributed by atoms with Crippen LogP contribution in [0, 0.1) is 5.92 Å². The van der Waals surface area contributed by atoms with Gasteiger partial charge in [0.25, 0.3) is 0 Å². The van der Waals surface area contributed by atoms with E-state index in [4.69, 9.17) is 10.5 Å². The molecule has 0 heterocycles. The van der Waals surface area contributed by atoms with Gasteiger partial charge in [-0.2, -0.15) is 0 Å². The van der Waals surface area contributed by atoms with Crippen molar-refractivity contribution >= 4 is 5.97 Å². The highest BCUT2D eigenvalue weighted by atomic mass is 16.5. The van der Waals surface area contributed by atoms with Gasteiger partial charge in [-0.1, -0.05) is 39.5 Å². The minimum Gasteiger partial charge on any atom is -0.466 e. The minimum atomic E-state index is -0.108. The number of carbonyl (C=O) groups excluding carboxylic acids is 1. The zero-order valence-electron chi connectivity index (χ0n) is 10.1. The highest BCUT2D eigenvalue weighted by molar-refractivity contribution is 5.69. The van der Waals surface area contributed by atoms with E-state index in [0.717, 1.165) is 12.8 Å². The molecule has 0 aliphatic heterocycles. The normalized spacial score (nSPS) is 12.5. The van der Waals surface area contributed by atoms with Gasteiger partial charge in [-0.25, -0.2) is 0 Å². The fraction of sp³-hybridized carbons (Fsp3) is 0.917. The van der Waals surface area contributed by atoms with E-state index in [1.165, 1.54) is 19.3 Å². The third kappa shape index (κ3) is 9.73. The Kier molecular flexibility index (Phi) is 9.59. The van der Waals surface area contributed by atoms with Crippen molar-refractivity contribution in [2.45, 2.75) is 52.4 Å². The Balaban J connectivity index is 3.24. The smallest absolute Gasteiger partial charge is 0.306 e. The van der Waals surface area contributed by atoms with E-state index in [0.29, 0.717) is 19.6 Å². The van der Waals surface area contributed by atoms with Crippen molar-refractivity contribution < 1.29 is 9.53 Å². The second-order valence-corrected chi connectivity index (χ2v) is 4.18. The lowest BCUT2D eigenvalue weighted by Gasteiger charge is -2.08. The molecule has 3 heteroatoms. The van der Waals surface area contributed by atoms with E-state index >= 15 is 0 Å². The van der Waals surface area contributed by atoms with Gasteiger partial charge >= 0.3 is 5.97 Å². The van der Waals surface area contributed by atoms with E-state index in [2.05, 4.69) is 6.92 Å². The van der Waals surface area contributed by atoms with Gasteiger partial charge in [0.05, 0.1) is 6.61 Å². The van der Waals surface area contributed by atoms with Crippen LogP contribution in [0.3, 0.4) is 0 Å². The molecule has 0 aliphatic rings. The molecule has 1 unspecified atom stereocenters. The van der Waals surface area contributed by atoms with Gasteiger partial charge in [0.1, 0.15) is 0 Å². The molecule has 3 nitrogen and oxygen atoms in total. The van der Waals surface area contributed by atoms with Crippen LogP contribution in [-0.4, -0.2) is 19.1 Å². The van der Waals surface area contributed by atoms with E-state index in [9.17, 15) is 4.79 Å². The fourth-order valence-corrected chi connectivity index (χ4v) is 1.32. The van der Waals surface area contributed by atoms with Crippen molar-refractivity contribution in [3.05, 3.63) is 0 Å². The SMILES string of the molecule is CCCCCCCOC(=O)CC(C)CN. The van der Waals surface area contributed by atoms with E-state index in [1.807, 2.05) is 6.92 Å². The lowest BCUT2D eigenvalue weighted by Crippen LogP contribution is -2.17. The van der Waals surface area contributed by atoms with Crippen LogP contribution in [0.4, 0.5) is 0 Å². The maximum absolute atomic E-state index is 11.2. The average molecular weight is 215 g/mol. The molecule has 1 atom stereocenters. The van der Waals surface area contributed by atoms with Gasteiger partial charge in [0, 0.05) is 6.42 Å². The first kappa shape index (κ1) is 14.4. The van der Waals surface area contributed by atoms with E-state index in [-0.39, 0.29) is 11.9 Å². The summed E-state index contributed by atoms with van der Waals surface area (Å²) in [7, 11) is 0. The molecule has 0 rings (SSSR count). The Morgan fingerprint density at radius 2 is 1.93 bits per heavy atom. The van der Waals surface area contributed by atoms with Crippen molar-refractivity contribution in [2.24, 2.45) is 11.7 Å². The Morgan fingerprint density at radius 1 is 1.27 bits per heavy atom. The maximum atomic E-state index is 11.2. The molecule has 0 aromatic carbocycles. The zero-order valence-corrected chi connectivity index (χ0v) is 10.1. The van der Waals surface area contributed by atoms with E-state index in [1.54, 1.807) is 0 Å². The van der Waals surface area contributed by atoms with Gasteiger partial charge < -0.3 is 10.5 Å². The number of nitrogens with two attached hydrogens (primary N) is 1. The van der Waals surface area contributed by atoms with Gasteiger partial charge in [-0.05, 0) is 18.9 Å². The second kappa shape index (κ2) is 9.97. The number of esters is 1. The van der Waals surface area contributed by atoms with Crippen molar-refractivity contribution in [2.75, 3.05) is 13.2 Å². The summed E-state index contributed by atoms with van der Waals surface area (Å²) >= 11 is 0. The van der Waals surface area contributed by atoms with Crippen LogP contribution >= 0.6 is 0 Å². The molecule has 0 saturated carbocycles. The molecule has 0 amide bonds. The Hall–Kier alpha value is -0.570. The van der Waals surface area contributed by atoms with Crippen LogP contribution in [0.1, 0.15) is 52.4 Å². The topological polar surface area (TPSA) is 52.3 Å². The van der Waals surface area contributed by atoms with Gasteiger partial charge in [-0.3, -0.25) is 4.79 Å². The molecule has 0 aromatic heterocycles. The predicted octanol–water partition coefficient (Wildman–Crippen LogP) is 2.48. The molecule has 0 spiro atoms. The summed E-state index contributed by atoms with van der Waals surface area (Å²) < 4.78 is 5.10. The first-order chi connectivity index (χ1) is 7.20. The molecule has 0 aromatic rings. The van der Waals surface area contributed by atoms with Crippen LogP contribution in [-0.2, 0) is 9.53 Å². The zero-order chi connectivity index (χ0) is 11.5. The summed E-state index contributed by atoms with van der Waals surface area (Å²) in [6, 6.07) is 0. The molecule has 2 N–H and O–H groups in total. The third-order valence-corrected chi connectivity index (χ3v) is 2.43. The lowest BCUT2D eigenvalue weighted by molar-refractivity contribution is -0.144. The molecule has 0 radical (unpaired) electrons. The van der Waals surface area contributed by atoms with Crippen LogP contribution in [0.15, 0.2) is 0 Å². The van der Waals surface area contributed by atoms with Crippen LogP contribution in [0.25, 0.3) is 0 Å². The molecule has 0 saturated heterocycles. The number of unbranched alkanes of at least 4 members (excludes halogenated alkanes) is 4. The fourth-order valence-electron chi connectivity index (χ4n) is 1.32. The number of rotatable bonds is 9. The average Bonchev–Trinajstić information content (AvgIpc) is 2.23. The highest BCUT2D eigenvalue weighted by Crippen LogP contribution is 2.04. The number of carbonyl (C=O) groups is 1. The summed E-state index contributed by atoms with van der Waals surface area (Å²) in [6.45, 7) is 5.27. The minimum absolute atomic E-state index is 0.108. The predicted molar refractivity (Wildman–Crippen MR) is 62.6 cm³/mol. The standard InChI is InChI=1S/C12H25NO2/c1-3-4-5-6-7-8-15-12(14)9-11(2)10-13/h11H,3-10,13H2,1-2H3. The number of ether oxygens (including phenoxy) is 1. The Bertz CT molecular complexity index is 160. The van der Waals surface area contributed by atoms with Crippen LogP contribution in [0.2, 0.25) is 0 Å². The number of hydrogen-bond donors (Lipinski definition) is 1. The van der Waals surface area contributed by atoms with E-state index < -0.39 is 0 Å². The summed E-state index contributed by atoms with van der Waals surface area (Å²) in [5.41, 5.74) is 5.42. The third-order valence-electron chi connectivity index (χ3n) is 2.43. The Labute approximate surface area is 93.4 Å². The summed E-state index contributed by atoms with van der Waals surface area (Å²) in [4.78, 5) is 11.2. The second-order valence-electron chi connectivity index (χ2n) is 4.18. The molecule has 15 heavy (non-hydrogen) atoms. The molecule has 0 aliphatic carbocycles. The van der Waals surface area contributed by atoms with Crippen molar-refractivity contribution in [1.29, 1.82) is 0 Å². The quantitative estimate of drug-likeness (QED) is 0.475. The van der Waals surface area contributed by atoms with Gasteiger partial charge in [-0.15, -0.1) is 0 Å². The first-order valence-corrected chi connectivity index (χ1v) is 6.06. The van der Waals surface area contributed by atoms with Gasteiger partial charge in [0.15, 0.2) is 0 Å². The summed E-state index contributed by atoms with van der Waals surface area (Å²) in [5, 5.41) is 0. The molecular weight excluding hydrogens is 190 g/mol. The van der Waals surface area contributed by atoms with Crippen molar-refractivity contribution in [1.82, 2.24) is 0 Å². The van der Waals surface area contributed by atoms with Crippen molar-refractivity contribution in [3.63, 3.8) is 0 Å². The van der Waals surface area contributed by atoms with Crippen molar-refractivity contribution in [3.8, 4) is 0 Å². The van der Waals surface area contributed by atoms with Crippen LogP contribution in [0.5, 0.6) is 0 Å². The summed E-state index contributed by atoms with van der Waals surface area (Å²) in [5.74, 6) is 0.126. The lowest BCUT2D eigenvalue weighted by atomic mass is 10.1. The van der Waals surface area contributed by atoms with Crippen LogP contribution < -0.4 is 5.73 Å². The summed E-state index contributed by atoms with van der Waals surface area (Å²) in [6.07, 6.45) is 6.36. The highest BCUT2D eigenvalue weighted by Gasteiger charge is 2.07. The van der Waals surface area contributed by atoms with Gasteiger partial charge in [0.2, 0.25) is 0 Å². The largest absolute Gasteiger partial charge is 0.466 e. The number of hydrogen-bond acceptors (Lipinski definition) is 3. The molecule has 0 fully saturated rings. The Morgan fingerprint density at radius 3 is 2.53 bits per heavy atom.